The van der Waals surface area contributed by atoms with Crippen molar-refractivity contribution in [3.63, 3.8) is 0 Å². The Morgan fingerprint density at radius 2 is 2.14 bits per heavy atom. The molecule has 2 N–H and O–H groups in total. The molecule has 0 spiro atoms. The number of fused-ring (bicyclic) bond motifs is 1. The number of halogens is 1. The van der Waals surface area contributed by atoms with Crippen molar-refractivity contribution in [3.8, 4) is 0 Å². The number of carbonyl (C=O) groups is 1. The van der Waals surface area contributed by atoms with Gasteiger partial charge in [0.1, 0.15) is 21.9 Å². The zero-order valence-electron chi connectivity index (χ0n) is 16.3. The molecular formula is C22H24FN3O2S. The van der Waals surface area contributed by atoms with Crippen LogP contribution in [0.4, 0.5) is 4.39 Å². The number of rotatable bonds is 6. The Labute approximate surface area is 173 Å². The van der Waals surface area contributed by atoms with Gasteiger partial charge in [-0.3, -0.25) is 4.79 Å². The molecule has 1 aliphatic carbocycles. The van der Waals surface area contributed by atoms with Crippen LogP contribution in [0.15, 0.2) is 41.9 Å². The van der Waals surface area contributed by atoms with E-state index in [0.717, 1.165) is 35.0 Å². The maximum atomic E-state index is 13.1. The first-order valence-corrected chi connectivity index (χ1v) is 10.8. The highest BCUT2D eigenvalue weighted by atomic mass is 32.1. The molecule has 0 saturated heterocycles. The molecule has 1 fully saturated rings. The summed E-state index contributed by atoms with van der Waals surface area (Å²) in [5.74, 6) is -0.704. The van der Waals surface area contributed by atoms with Crippen LogP contribution in [0.5, 0.6) is 0 Å². The lowest BCUT2D eigenvalue weighted by atomic mass is 9.63. The summed E-state index contributed by atoms with van der Waals surface area (Å²) >= 11 is 1.51. The molecule has 2 aromatic heterocycles. The molecule has 3 atom stereocenters. The lowest BCUT2D eigenvalue weighted by molar-refractivity contribution is -0.148. The number of benzene rings is 1. The Bertz CT molecular complexity index is 1010. The molecule has 1 saturated carbocycles. The van der Waals surface area contributed by atoms with Crippen LogP contribution < -0.4 is 5.32 Å². The molecule has 3 unspecified atom stereocenters. The molecule has 152 valence electrons. The minimum absolute atomic E-state index is 0.0584. The van der Waals surface area contributed by atoms with Gasteiger partial charge in [-0.2, -0.15) is 0 Å². The largest absolute Gasteiger partial charge is 0.480 e. The summed E-state index contributed by atoms with van der Waals surface area (Å²) in [6.45, 7) is 2.67. The normalized spacial score (nSPS) is 24.6. The highest BCUT2D eigenvalue weighted by molar-refractivity contribution is 7.16. The van der Waals surface area contributed by atoms with Gasteiger partial charge < -0.3 is 10.4 Å². The van der Waals surface area contributed by atoms with Gasteiger partial charge in [-0.05, 0) is 54.3 Å². The Kier molecular flexibility index (Phi) is 5.61. The third-order valence-corrected chi connectivity index (χ3v) is 6.96. The van der Waals surface area contributed by atoms with Crippen molar-refractivity contribution in [3.05, 3.63) is 59.1 Å². The summed E-state index contributed by atoms with van der Waals surface area (Å²) in [6, 6.07) is 8.62. The van der Waals surface area contributed by atoms with E-state index in [0.29, 0.717) is 18.8 Å². The van der Waals surface area contributed by atoms with Crippen molar-refractivity contribution >= 4 is 27.5 Å². The van der Waals surface area contributed by atoms with Gasteiger partial charge in [-0.25, -0.2) is 14.4 Å². The average Bonchev–Trinajstić information content (AvgIpc) is 3.20. The number of carboxylic acids is 1. The number of aliphatic carboxylic acids is 1. The van der Waals surface area contributed by atoms with Gasteiger partial charge in [-0.15, -0.1) is 11.3 Å². The number of aromatic nitrogens is 2. The fraction of sp³-hybridized carbons (Fsp3) is 0.409. The number of hydrogen-bond acceptors (Lipinski definition) is 5. The van der Waals surface area contributed by atoms with Crippen LogP contribution in [0.1, 0.15) is 44.0 Å². The minimum Gasteiger partial charge on any atom is -0.480 e. The Hall–Kier alpha value is -2.38. The number of thiophene rings is 1. The minimum atomic E-state index is -1.05. The SMILES string of the molecule is CCC1CC(NCc2ccc(F)cc2)CCC1(C(=O)O)c1ncc2ccsc2n1. The van der Waals surface area contributed by atoms with Gasteiger partial charge >= 0.3 is 5.97 Å². The molecule has 3 aromatic rings. The summed E-state index contributed by atoms with van der Waals surface area (Å²) in [7, 11) is 0. The maximum Gasteiger partial charge on any atom is 0.317 e. The number of carboxylic acid groups (broad SMARTS) is 1. The highest BCUT2D eigenvalue weighted by Crippen LogP contribution is 2.45. The Morgan fingerprint density at radius 3 is 2.86 bits per heavy atom. The monoisotopic (exact) mass is 413 g/mol. The van der Waals surface area contributed by atoms with Crippen LogP contribution in [0.25, 0.3) is 10.2 Å². The van der Waals surface area contributed by atoms with Crippen molar-refractivity contribution in [1.82, 2.24) is 15.3 Å². The molecule has 2 heterocycles. The predicted octanol–water partition coefficient (Wildman–Crippen LogP) is 4.52. The molecule has 0 bridgehead atoms. The molecule has 29 heavy (non-hydrogen) atoms. The van der Waals surface area contributed by atoms with Crippen molar-refractivity contribution in [1.29, 1.82) is 0 Å². The third-order valence-electron chi connectivity index (χ3n) is 6.14. The maximum absolute atomic E-state index is 13.1. The molecule has 0 aliphatic heterocycles. The van der Waals surface area contributed by atoms with Gasteiger partial charge in [0, 0.05) is 24.2 Å². The van der Waals surface area contributed by atoms with Crippen molar-refractivity contribution < 1.29 is 14.3 Å². The summed E-state index contributed by atoms with van der Waals surface area (Å²) in [6.07, 6.45) is 4.46. The zero-order valence-corrected chi connectivity index (χ0v) is 17.1. The molecule has 4 rings (SSSR count). The third kappa shape index (κ3) is 3.76. The first-order valence-electron chi connectivity index (χ1n) is 9.95. The van der Waals surface area contributed by atoms with Crippen molar-refractivity contribution in [2.45, 2.75) is 50.6 Å². The van der Waals surface area contributed by atoms with Crippen molar-refractivity contribution in [2.75, 3.05) is 0 Å². The number of nitrogens with one attached hydrogen (secondary N) is 1. The van der Waals surface area contributed by atoms with Crippen LogP contribution in [0.3, 0.4) is 0 Å². The zero-order chi connectivity index (χ0) is 20.4. The van der Waals surface area contributed by atoms with Crippen LogP contribution >= 0.6 is 11.3 Å². The summed E-state index contributed by atoms with van der Waals surface area (Å²) in [4.78, 5) is 22.5. The molecular weight excluding hydrogens is 389 g/mol. The average molecular weight is 414 g/mol. The predicted molar refractivity (Wildman–Crippen MR) is 111 cm³/mol. The van der Waals surface area contributed by atoms with Gasteiger partial charge in [0.2, 0.25) is 0 Å². The van der Waals surface area contributed by atoms with Crippen LogP contribution in [-0.2, 0) is 16.8 Å². The Morgan fingerprint density at radius 1 is 1.34 bits per heavy atom. The van der Waals surface area contributed by atoms with Crippen molar-refractivity contribution in [2.24, 2.45) is 5.92 Å². The molecule has 0 amide bonds. The van der Waals surface area contributed by atoms with Gasteiger partial charge in [0.25, 0.3) is 0 Å². The van der Waals surface area contributed by atoms with E-state index in [1.54, 1.807) is 18.3 Å². The van der Waals surface area contributed by atoms with Crippen LogP contribution in [0.2, 0.25) is 0 Å². The summed E-state index contributed by atoms with van der Waals surface area (Å²) in [5.41, 5.74) is -0.0398. The molecule has 1 aliphatic rings. The second kappa shape index (κ2) is 8.16. The van der Waals surface area contributed by atoms with E-state index in [4.69, 9.17) is 0 Å². The van der Waals surface area contributed by atoms with Crippen LogP contribution in [-0.4, -0.2) is 27.1 Å². The number of hydrogen-bond donors (Lipinski definition) is 2. The molecule has 7 heteroatoms. The van der Waals surface area contributed by atoms with E-state index < -0.39 is 11.4 Å². The quantitative estimate of drug-likeness (QED) is 0.621. The molecule has 1 aromatic carbocycles. The van der Waals surface area contributed by atoms with E-state index in [9.17, 15) is 14.3 Å². The Balaban J connectivity index is 1.55. The summed E-state index contributed by atoms with van der Waals surface area (Å²) in [5, 5.41) is 16.7. The van der Waals surface area contributed by atoms with Crippen LogP contribution in [0, 0.1) is 11.7 Å². The fourth-order valence-corrected chi connectivity index (χ4v) is 5.22. The first kappa shape index (κ1) is 19.9. The van der Waals surface area contributed by atoms with E-state index in [1.807, 2.05) is 18.4 Å². The van der Waals surface area contributed by atoms with E-state index >= 15 is 0 Å². The topological polar surface area (TPSA) is 75.1 Å². The second-order valence-electron chi connectivity index (χ2n) is 7.74. The lowest BCUT2D eigenvalue weighted by Crippen LogP contribution is -2.51. The first-order chi connectivity index (χ1) is 14.0. The van der Waals surface area contributed by atoms with Gasteiger partial charge in [0.05, 0.1) is 0 Å². The van der Waals surface area contributed by atoms with Gasteiger partial charge in [-0.1, -0.05) is 25.5 Å². The highest BCUT2D eigenvalue weighted by Gasteiger charge is 2.52. The molecule has 0 radical (unpaired) electrons. The standard InChI is InChI=1S/C22H24FN3O2S/c1-2-16-11-18(24-12-14-3-5-17(23)6-4-14)7-9-22(16,21(27)28)20-25-13-15-8-10-29-19(15)26-20/h3-6,8,10,13,16,18,24H,2,7,9,11-12H2,1H3,(H,27,28). The lowest BCUT2D eigenvalue weighted by Gasteiger charge is -2.42. The van der Waals surface area contributed by atoms with E-state index in [1.165, 1.54) is 23.5 Å². The van der Waals surface area contributed by atoms with E-state index in [2.05, 4.69) is 15.3 Å². The fourth-order valence-electron chi connectivity index (χ4n) is 4.48. The smallest absolute Gasteiger partial charge is 0.317 e. The van der Waals surface area contributed by atoms with Gasteiger partial charge in [0.15, 0.2) is 0 Å². The summed E-state index contributed by atoms with van der Waals surface area (Å²) < 4.78 is 13.1. The number of nitrogens with zero attached hydrogens (tertiary/aromatic N) is 2. The molecule has 5 nitrogen and oxygen atoms in total. The second-order valence-corrected chi connectivity index (χ2v) is 8.63. The van der Waals surface area contributed by atoms with E-state index in [-0.39, 0.29) is 17.8 Å².